The van der Waals surface area contributed by atoms with Gasteiger partial charge in [-0.2, -0.15) is 5.10 Å². The maximum Gasteiger partial charge on any atom is 0.233 e. The monoisotopic (exact) mass is 229 g/mol. The summed E-state index contributed by atoms with van der Waals surface area (Å²) in [6.45, 7) is 3.92. The maximum atomic E-state index is 5.67. The lowest BCUT2D eigenvalue weighted by Gasteiger charge is -2.22. The Morgan fingerprint density at radius 2 is 2.27 bits per heavy atom. The van der Waals surface area contributed by atoms with E-state index in [1.165, 1.54) is 6.42 Å². The van der Waals surface area contributed by atoms with Crippen LogP contribution in [0.4, 0.5) is 0 Å². The molecule has 0 amide bonds. The molecule has 15 heavy (non-hydrogen) atoms. The average molecular weight is 230 g/mol. The van der Waals surface area contributed by atoms with Gasteiger partial charge in [-0.3, -0.25) is 0 Å². The van der Waals surface area contributed by atoms with Crippen molar-refractivity contribution in [1.29, 1.82) is 0 Å². The molecule has 2 rings (SSSR count). The van der Waals surface area contributed by atoms with E-state index in [4.69, 9.17) is 4.74 Å². The molecule has 4 nitrogen and oxygen atoms in total. The first kappa shape index (κ1) is 12.2. The maximum absolute atomic E-state index is 5.67. The second kappa shape index (κ2) is 5.88. The van der Waals surface area contributed by atoms with E-state index in [1.54, 1.807) is 0 Å². The Kier molecular flexibility index (Phi) is 4.78. The van der Waals surface area contributed by atoms with Gasteiger partial charge in [-0.05, 0) is 32.4 Å². The number of rotatable bonds is 2. The van der Waals surface area contributed by atoms with Crippen LogP contribution >= 0.6 is 12.4 Å². The number of hydrogen-bond acceptors (Lipinski definition) is 4. The van der Waals surface area contributed by atoms with Crippen molar-refractivity contribution in [3.05, 3.63) is 17.8 Å². The Morgan fingerprint density at radius 3 is 2.87 bits per heavy atom. The van der Waals surface area contributed by atoms with Crippen molar-refractivity contribution in [2.24, 2.45) is 0 Å². The normalized spacial score (nSPS) is 20.5. The van der Waals surface area contributed by atoms with E-state index >= 15 is 0 Å². The van der Waals surface area contributed by atoms with Gasteiger partial charge in [0.25, 0.3) is 0 Å². The molecule has 0 aromatic carbocycles. The molecule has 0 saturated carbocycles. The first-order valence-electron chi connectivity index (χ1n) is 5.02. The Bertz CT molecular complexity index is 285. The zero-order valence-corrected chi connectivity index (χ0v) is 9.59. The minimum Gasteiger partial charge on any atom is -0.472 e. The van der Waals surface area contributed by atoms with E-state index in [0.29, 0.717) is 5.88 Å². The standard InChI is InChI=1S/C10H15N3O.ClH/c1-8-4-5-10(13-12-8)14-9-3-2-6-11-7-9;/h4-5,9,11H,2-3,6-7H2,1H3;1H/t9-;/m0./s1. The van der Waals surface area contributed by atoms with Crippen LogP contribution in [-0.2, 0) is 0 Å². The number of ether oxygens (including phenoxy) is 1. The smallest absolute Gasteiger partial charge is 0.233 e. The molecule has 1 aromatic rings. The highest BCUT2D eigenvalue weighted by atomic mass is 35.5. The highest BCUT2D eigenvalue weighted by molar-refractivity contribution is 5.85. The van der Waals surface area contributed by atoms with E-state index in [2.05, 4.69) is 15.5 Å². The van der Waals surface area contributed by atoms with Crippen LogP contribution in [0.1, 0.15) is 18.5 Å². The summed E-state index contributed by atoms with van der Waals surface area (Å²) in [5.74, 6) is 0.629. The van der Waals surface area contributed by atoms with Crippen molar-refractivity contribution in [2.75, 3.05) is 13.1 Å². The third-order valence-electron chi connectivity index (χ3n) is 2.31. The summed E-state index contributed by atoms with van der Waals surface area (Å²) in [6.07, 6.45) is 2.52. The summed E-state index contributed by atoms with van der Waals surface area (Å²) < 4.78 is 5.67. The quantitative estimate of drug-likeness (QED) is 0.832. The Labute approximate surface area is 95.8 Å². The van der Waals surface area contributed by atoms with Crippen molar-refractivity contribution < 1.29 is 4.74 Å². The zero-order chi connectivity index (χ0) is 9.80. The molecule has 1 aromatic heterocycles. The Hall–Kier alpha value is -0.870. The van der Waals surface area contributed by atoms with Crippen LogP contribution in [0.5, 0.6) is 5.88 Å². The molecule has 84 valence electrons. The summed E-state index contributed by atoms with van der Waals surface area (Å²) in [4.78, 5) is 0. The number of nitrogens with zero attached hydrogens (tertiary/aromatic N) is 2. The van der Waals surface area contributed by atoms with Gasteiger partial charge in [0.1, 0.15) is 6.10 Å². The zero-order valence-electron chi connectivity index (χ0n) is 8.77. The van der Waals surface area contributed by atoms with Crippen LogP contribution in [0.3, 0.4) is 0 Å². The van der Waals surface area contributed by atoms with Crippen LogP contribution in [0.2, 0.25) is 0 Å². The predicted molar refractivity (Wildman–Crippen MR) is 60.5 cm³/mol. The van der Waals surface area contributed by atoms with E-state index in [1.807, 2.05) is 19.1 Å². The van der Waals surface area contributed by atoms with E-state index in [0.717, 1.165) is 25.2 Å². The van der Waals surface area contributed by atoms with Crippen LogP contribution in [0, 0.1) is 6.92 Å². The van der Waals surface area contributed by atoms with Crippen LogP contribution in [0.15, 0.2) is 12.1 Å². The van der Waals surface area contributed by atoms with E-state index in [9.17, 15) is 0 Å². The van der Waals surface area contributed by atoms with Crippen molar-refractivity contribution in [3.63, 3.8) is 0 Å². The molecule has 0 unspecified atom stereocenters. The molecule has 2 heterocycles. The minimum atomic E-state index is 0. The molecule has 1 aliphatic heterocycles. The number of aromatic nitrogens is 2. The molecule has 0 aliphatic carbocycles. The molecular weight excluding hydrogens is 214 g/mol. The highest BCUT2D eigenvalue weighted by Gasteiger charge is 2.14. The van der Waals surface area contributed by atoms with Crippen LogP contribution in [-0.4, -0.2) is 29.4 Å². The molecule has 1 N–H and O–H groups in total. The second-order valence-corrected chi connectivity index (χ2v) is 3.60. The fraction of sp³-hybridized carbons (Fsp3) is 0.600. The summed E-state index contributed by atoms with van der Waals surface area (Å²) in [6, 6.07) is 3.79. The van der Waals surface area contributed by atoms with Crippen molar-refractivity contribution in [3.8, 4) is 5.88 Å². The lowest BCUT2D eigenvalue weighted by molar-refractivity contribution is 0.159. The highest BCUT2D eigenvalue weighted by Crippen LogP contribution is 2.11. The molecule has 0 radical (unpaired) electrons. The van der Waals surface area contributed by atoms with Gasteiger partial charge in [0, 0.05) is 12.6 Å². The lowest BCUT2D eigenvalue weighted by atomic mass is 10.1. The third kappa shape index (κ3) is 3.64. The van der Waals surface area contributed by atoms with Crippen molar-refractivity contribution in [2.45, 2.75) is 25.9 Å². The second-order valence-electron chi connectivity index (χ2n) is 3.60. The molecule has 1 saturated heterocycles. The van der Waals surface area contributed by atoms with Crippen molar-refractivity contribution >= 4 is 12.4 Å². The minimum absolute atomic E-state index is 0. The van der Waals surface area contributed by atoms with Crippen LogP contribution < -0.4 is 10.1 Å². The first-order chi connectivity index (χ1) is 6.84. The largest absolute Gasteiger partial charge is 0.472 e. The summed E-state index contributed by atoms with van der Waals surface area (Å²) in [5.41, 5.74) is 0.916. The average Bonchev–Trinajstić information content (AvgIpc) is 2.23. The molecule has 5 heteroatoms. The molecule has 0 bridgehead atoms. The molecule has 1 aliphatic rings. The summed E-state index contributed by atoms with van der Waals surface area (Å²) in [5, 5.41) is 11.2. The fourth-order valence-electron chi connectivity index (χ4n) is 1.54. The van der Waals surface area contributed by atoms with Crippen molar-refractivity contribution in [1.82, 2.24) is 15.5 Å². The van der Waals surface area contributed by atoms with E-state index in [-0.39, 0.29) is 18.5 Å². The molecule has 1 atom stereocenters. The van der Waals surface area contributed by atoms with Gasteiger partial charge in [-0.25, -0.2) is 0 Å². The molecular formula is C10H16ClN3O. The Morgan fingerprint density at radius 1 is 1.40 bits per heavy atom. The number of halogens is 1. The molecule has 1 fully saturated rings. The Balaban J connectivity index is 0.00000112. The SMILES string of the molecule is Cc1ccc(O[C@H]2CCCNC2)nn1.Cl. The number of piperidine rings is 1. The van der Waals surface area contributed by atoms with E-state index < -0.39 is 0 Å². The summed E-state index contributed by atoms with van der Waals surface area (Å²) >= 11 is 0. The van der Waals surface area contributed by atoms with Gasteiger partial charge in [0.2, 0.25) is 5.88 Å². The van der Waals surface area contributed by atoms with Gasteiger partial charge < -0.3 is 10.1 Å². The number of aryl methyl sites for hydroxylation is 1. The lowest BCUT2D eigenvalue weighted by Crippen LogP contribution is -2.37. The van der Waals surface area contributed by atoms with Gasteiger partial charge >= 0.3 is 0 Å². The predicted octanol–water partition coefficient (Wildman–Crippen LogP) is 1.34. The summed E-state index contributed by atoms with van der Waals surface area (Å²) in [7, 11) is 0. The molecule has 0 spiro atoms. The number of nitrogens with one attached hydrogen (secondary N) is 1. The van der Waals surface area contributed by atoms with Gasteiger partial charge in [-0.1, -0.05) is 0 Å². The van der Waals surface area contributed by atoms with Crippen LogP contribution in [0.25, 0.3) is 0 Å². The number of hydrogen-bond donors (Lipinski definition) is 1. The fourth-order valence-corrected chi connectivity index (χ4v) is 1.54. The first-order valence-corrected chi connectivity index (χ1v) is 5.02. The topological polar surface area (TPSA) is 47.0 Å². The van der Waals surface area contributed by atoms with Gasteiger partial charge in [0.15, 0.2) is 0 Å². The third-order valence-corrected chi connectivity index (χ3v) is 2.31. The van der Waals surface area contributed by atoms with Gasteiger partial charge in [0.05, 0.1) is 5.69 Å². The van der Waals surface area contributed by atoms with Gasteiger partial charge in [-0.15, -0.1) is 17.5 Å².